The summed E-state index contributed by atoms with van der Waals surface area (Å²) in [5, 5.41) is 12.1. The Morgan fingerprint density at radius 1 is 1.22 bits per heavy atom. The van der Waals surface area contributed by atoms with Crippen LogP contribution >= 0.6 is 0 Å². The third-order valence-electron chi connectivity index (χ3n) is 5.26. The van der Waals surface area contributed by atoms with E-state index >= 15 is 0 Å². The maximum atomic E-state index is 12.9. The zero-order chi connectivity index (χ0) is 19.0. The van der Waals surface area contributed by atoms with Gasteiger partial charge in [0.2, 0.25) is 0 Å². The van der Waals surface area contributed by atoms with Gasteiger partial charge in [0, 0.05) is 44.8 Å². The average molecular weight is 394 g/mol. The summed E-state index contributed by atoms with van der Waals surface area (Å²) in [4.78, 5) is 4.14. The fourth-order valence-corrected chi connectivity index (χ4v) is 5.30. The zero-order valence-corrected chi connectivity index (χ0v) is 16.7. The maximum absolute atomic E-state index is 12.9. The van der Waals surface area contributed by atoms with Crippen molar-refractivity contribution in [3.8, 4) is 0 Å². The second kappa shape index (κ2) is 7.33. The van der Waals surface area contributed by atoms with Gasteiger partial charge >= 0.3 is 0 Å². The Labute approximate surface area is 159 Å². The summed E-state index contributed by atoms with van der Waals surface area (Å²) in [6.07, 6.45) is 4.77. The number of piperidine rings is 1. The predicted octanol–water partition coefficient (Wildman–Crippen LogP) is 0.802. The van der Waals surface area contributed by atoms with Crippen LogP contribution in [0.1, 0.15) is 44.3 Å². The molecule has 0 radical (unpaired) electrons. The molecule has 148 valence electrons. The van der Waals surface area contributed by atoms with Crippen LogP contribution in [0.4, 0.5) is 0 Å². The van der Waals surface area contributed by atoms with E-state index in [2.05, 4.69) is 38.9 Å². The number of nitrogens with one attached hydrogen (secondary N) is 1. The molecule has 0 amide bonds. The van der Waals surface area contributed by atoms with Crippen LogP contribution in [0.15, 0.2) is 17.6 Å². The Kier molecular flexibility index (Phi) is 5.04. The summed E-state index contributed by atoms with van der Waals surface area (Å²) in [5.74, 6) is 2.68. The van der Waals surface area contributed by atoms with Gasteiger partial charge in [-0.25, -0.2) is 13.4 Å². The third kappa shape index (κ3) is 3.65. The maximum Gasteiger partial charge on any atom is 0.262 e. The number of rotatable bonds is 5. The van der Waals surface area contributed by atoms with Crippen molar-refractivity contribution in [3.63, 3.8) is 0 Å². The second-order valence-electron chi connectivity index (χ2n) is 7.78. The molecule has 27 heavy (non-hydrogen) atoms. The standard InChI is InChI=1S/C17H27N7O2S/c1-13(2)10-22-11-16(19-12-22)27(25,26)23-6-3-14(4-7-23)17-21-20-15-9-18-5-8-24(15)17/h11-14,18H,3-10H2,1-2H3. The van der Waals surface area contributed by atoms with Crippen molar-refractivity contribution in [1.82, 2.24) is 33.9 Å². The van der Waals surface area contributed by atoms with Crippen molar-refractivity contribution in [2.75, 3.05) is 19.6 Å². The van der Waals surface area contributed by atoms with E-state index in [0.717, 1.165) is 50.7 Å². The quantitative estimate of drug-likeness (QED) is 0.807. The normalized spacial score (nSPS) is 19.5. The number of fused-ring (bicyclic) bond motifs is 1. The molecular weight excluding hydrogens is 366 g/mol. The van der Waals surface area contributed by atoms with E-state index in [4.69, 9.17) is 0 Å². The molecule has 0 saturated carbocycles. The molecule has 2 aliphatic rings. The first-order valence-electron chi connectivity index (χ1n) is 9.60. The van der Waals surface area contributed by atoms with Crippen molar-refractivity contribution in [1.29, 1.82) is 0 Å². The van der Waals surface area contributed by atoms with Gasteiger partial charge in [-0.2, -0.15) is 4.31 Å². The monoisotopic (exact) mass is 393 g/mol. The van der Waals surface area contributed by atoms with Crippen LogP contribution in [-0.4, -0.2) is 56.7 Å². The van der Waals surface area contributed by atoms with Crippen molar-refractivity contribution < 1.29 is 8.42 Å². The van der Waals surface area contributed by atoms with Gasteiger partial charge in [0.05, 0.1) is 12.9 Å². The Bertz CT molecular complexity index is 894. The molecule has 1 fully saturated rings. The summed E-state index contributed by atoms with van der Waals surface area (Å²) in [6.45, 7) is 8.48. The third-order valence-corrected chi connectivity index (χ3v) is 7.04. The van der Waals surface area contributed by atoms with E-state index in [9.17, 15) is 8.42 Å². The average Bonchev–Trinajstić information content (AvgIpc) is 3.28. The van der Waals surface area contributed by atoms with Crippen molar-refractivity contribution in [2.24, 2.45) is 5.92 Å². The van der Waals surface area contributed by atoms with Crippen LogP contribution < -0.4 is 5.32 Å². The molecule has 0 aliphatic carbocycles. The van der Waals surface area contributed by atoms with Gasteiger partial charge in [-0.1, -0.05) is 13.8 Å². The molecule has 2 aliphatic heterocycles. The summed E-state index contributed by atoms with van der Waals surface area (Å²) in [6, 6.07) is 0. The van der Waals surface area contributed by atoms with Crippen LogP contribution in [0.3, 0.4) is 0 Å². The SMILES string of the molecule is CC(C)Cn1cnc(S(=O)(=O)N2CCC(c3nnc4n3CCNC4)CC2)c1. The van der Waals surface area contributed by atoms with Crippen molar-refractivity contribution >= 4 is 10.0 Å². The molecule has 2 aromatic heterocycles. The molecule has 10 heteroatoms. The molecule has 0 bridgehead atoms. The summed E-state index contributed by atoms with van der Waals surface area (Å²) in [5.41, 5.74) is 0. The Morgan fingerprint density at radius 3 is 2.74 bits per heavy atom. The van der Waals surface area contributed by atoms with Gasteiger partial charge < -0.3 is 14.5 Å². The fourth-order valence-electron chi connectivity index (χ4n) is 3.90. The molecule has 0 aromatic carbocycles. The molecular formula is C17H27N7O2S. The fraction of sp³-hybridized carbons (Fsp3) is 0.706. The molecule has 4 rings (SSSR count). The second-order valence-corrected chi connectivity index (χ2v) is 9.67. The highest BCUT2D eigenvalue weighted by atomic mass is 32.2. The Hall–Kier alpha value is -1.78. The first-order chi connectivity index (χ1) is 12.9. The molecule has 0 atom stereocenters. The lowest BCUT2D eigenvalue weighted by Gasteiger charge is -2.30. The minimum atomic E-state index is -3.54. The van der Waals surface area contributed by atoms with Gasteiger partial charge in [-0.3, -0.25) is 0 Å². The van der Waals surface area contributed by atoms with Crippen molar-refractivity contribution in [2.45, 2.75) is 57.3 Å². The molecule has 0 unspecified atom stereocenters. The number of hydrogen-bond acceptors (Lipinski definition) is 6. The highest BCUT2D eigenvalue weighted by Gasteiger charge is 2.33. The lowest BCUT2D eigenvalue weighted by molar-refractivity contribution is 0.306. The lowest BCUT2D eigenvalue weighted by Crippen LogP contribution is -2.39. The van der Waals surface area contributed by atoms with Gasteiger partial charge in [0.25, 0.3) is 10.0 Å². The van der Waals surface area contributed by atoms with E-state index in [1.807, 2.05) is 4.57 Å². The van der Waals surface area contributed by atoms with Crippen LogP contribution in [-0.2, 0) is 29.7 Å². The number of nitrogens with zero attached hydrogens (tertiary/aromatic N) is 6. The van der Waals surface area contributed by atoms with Gasteiger partial charge in [0.1, 0.15) is 11.6 Å². The molecule has 1 saturated heterocycles. The van der Waals surface area contributed by atoms with E-state index < -0.39 is 10.0 Å². The summed E-state index contributed by atoms with van der Waals surface area (Å²) < 4.78 is 31.4. The van der Waals surface area contributed by atoms with Crippen molar-refractivity contribution in [3.05, 3.63) is 24.2 Å². The van der Waals surface area contributed by atoms with Crippen LogP contribution in [0, 0.1) is 5.92 Å². The van der Waals surface area contributed by atoms with Gasteiger partial charge in [0.15, 0.2) is 5.03 Å². The first kappa shape index (κ1) is 18.6. The predicted molar refractivity (Wildman–Crippen MR) is 99.5 cm³/mol. The van der Waals surface area contributed by atoms with E-state index in [1.54, 1.807) is 16.8 Å². The smallest absolute Gasteiger partial charge is 0.262 e. The lowest BCUT2D eigenvalue weighted by atomic mass is 9.97. The van der Waals surface area contributed by atoms with Crippen LogP contribution in [0.5, 0.6) is 0 Å². The summed E-state index contributed by atoms with van der Waals surface area (Å²) in [7, 11) is -3.54. The molecule has 1 N–H and O–H groups in total. The van der Waals surface area contributed by atoms with E-state index in [-0.39, 0.29) is 10.9 Å². The van der Waals surface area contributed by atoms with Gasteiger partial charge in [-0.15, -0.1) is 10.2 Å². The Balaban J connectivity index is 1.44. The Morgan fingerprint density at radius 2 is 2.00 bits per heavy atom. The first-order valence-corrected chi connectivity index (χ1v) is 11.0. The minimum Gasteiger partial charge on any atom is -0.336 e. The van der Waals surface area contributed by atoms with Crippen LogP contribution in [0.2, 0.25) is 0 Å². The largest absolute Gasteiger partial charge is 0.336 e. The number of aromatic nitrogens is 5. The topological polar surface area (TPSA) is 97.9 Å². The molecule has 9 nitrogen and oxygen atoms in total. The number of sulfonamides is 1. The highest BCUT2D eigenvalue weighted by molar-refractivity contribution is 7.89. The highest BCUT2D eigenvalue weighted by Crippen LogP contribution is 2.30. The minimum absolute atomic E-state index is 0.146. The number of hydrogen-bond donors (Lipinski definition) is 1. The summed E-state index contributed by atoms with van der Waals surface area (Å²) >= 11 is 0. The zero-order valence-electron chi connectivity index (χ0n) is 15.9. The molecule has 0 spiro atoms. The van der Waals surface area contributed by atoms with E-state index in [0.29, 0.717) is 19.0 Å². The van der Waals surface area contributed by atoms with Gasteiger partial charge in [-0.05, 0) is 18.8 Å². The van der Waals surface area contributed by atoms with E-state index in [1.165, 1.54) is 0 Å². The molecule has 4 heterocycles. The molecule has 2 aromatic rings. The number of imidazole rings is 1. The van der Waals surface area contributed by atoms with Crippen LogP contribution in [0.25, 0.3) is 0 Å².